The van der Waals surface area contributed by atoms with Crippen molar-refractivity contribution in [3.8, 4) is 11.5 Å². The Kier molecular flexibility index (Phi) is 5.56. The minimum Gasteiger partial charge on any atom is -0.493 e. The molecule has 8 heteroatoms. The van der Waals surface area contributed by atoms with Crippen molar-refractivity contribution in [2.75, 3.05) is 19.5 Å². The fraction of sp³-hybridized carbons (Fsp3) is 0.211. The molecule has 2 aromatic rings. The van der Waals surface area contributed by atoms with Crippen LogP contribution in [0.5, 0.6) is 11.5 Å². The standard InChI is InChI=1S/C19H20N4O3S/c1-11-15(18(24)22-12-6-5-9-20-10-12)16(23-19(27)21-11)13-7-4-8-14(25-2)17(13)26-3/h4-10,16H,1-3H3,(H,22,24)(H2,21,23,27)/p+1. The van der Waals surface area contributed by atoms with E-state index in [0.717, 1.165) is 5.56 Å². The van der Waals surface area contributed by atoms with E-state index in [1.807, 2.05) is 25.1 Å². The molecule has 3 rings (SSSR count). The third-order valence-corrected chi connectivity index (χ3v) is 4.44. The predicted molar refractivity (Wildman–Crippen MR) is 105 cm³/mol. The SMILES string of the molecule is COc1cccc(C2NC(=S)NC(C)=C2C(=O)Nc2ccc[nH+]c2)c1OC. The van der Waals surface area contributed by atoms with Crippen LogP contribution in [0.3, 0.4) is 0 Å². The van der Waals surface area contributed by atoms with Crippen molar-refractivity contribution < 1.29 is 19.3 Å². The summed E-state index contributed by atoms with van der Waals surface area (Å²) in [5, 5.41) is 9.52. The van der Waals surface area contributed by atoms with Gasteiger partial charge in [0.25, 0.3) is 5.91 Å². The number of hydrogen-bond acceptors (Lipinski definition) is 4. The summed E-state index contributed by atoms with van der Waals surface area (Å²) < 4.78 is 10.9. The molecule has 1 aliphatic rings. The second-order valence-corrected chi connectivity index (χ2v) is 6.31. The Bertz CT molecular complexity index is 899. The smallest absolute Gasteiger partial charge is 0.255 e. The highest BCUT2D eigenvalue weighted by Gasteiger charge is 2.32. The summed E-state index contributed by atoms with van der Waals surface area (Å²) in [6, 6.07) is 8.66. The maximum Gasteiger partial charge on any atom is 0.255 e. The number of aromatic amines is 1. The summed E-state index contributed by atoms with van der Waals surface area (Å²) >= 11 is 5.30. The minimum atomic E-state index is -0.489. The first-order chi connectivity index (χ1) is 13.0. The van der Waals surface area contributed by atoms with Gasteiger partial charge < -0.3 is 25.4 Å². The summed E-state index contributed by atoms with van der Waals surface area (Å²) in [5.74, 6) is 0.883. The maximum atomic E-state index is 13.0. The Morgan fingerprint density at radius 1 is 1.22 bits per heavy atom. The van der Waals surface area contributed by atoms with Crippen LogP contribution in [0.2, 0.25) is 0 Å². The van der Waals surface area contributed by atoms with Crippen molar-refractivity contribution in [2.24, 2.45) is 0 Å². The number of aromatic nitrogens is 1. The Labute approximate surface area is 162 Å². The Morgan fingerprint density at radius 2 is 2.04 bits per heavy atom. The number of ether oxygens (including phenoxy) is 2. The fourth-order valence-electron chi connectivity index (χ4n) is 3.04. The molecule has 0 fully saturated rings. The Hall–Kier alpha value is -3.13. The van der Waals surface area contributed by atoms with Crippen LogP contribution < -0.4 is 30.4 Å². The molecular weight excluding hydrogens is 364 g/mol. The molecule has 27 heavy (non-hydrogen) atoms. The number of thiocarbonyl (C=S) groups is 1. The normalized spacial score (nSPS) is 16.3. The number of amides is 1. The third-order valence-electron chi connectivity index (χ3n) is 4.22. The van der Waals surface area contributed by atoms with Gasteiger partial charge in [0, 0.05) is 17.3 Å². The maximum absolute atomic E-state index is 13.0. The largest absolute Gasteiger partial charge is 0.493 e. The number of para-hydroxylation sites is 1. The van der Waals surface area contributed by atoms with Crippen LogP contribution >= 0.6 is 12.2 Å². The number of hydrogen-bond donors (Lipinski definition) is 3. The second-order valence-electron chi connectivity index (χ2n) is 5.90. The van der Waals surface area contributed by atoms with E-state index in [1.54, 1.807) is 38.7 Å². The summed E-state index contributed by atoms with van der Waals surface area (Å²) in [5.41, 5.74) is 2.60. The number of pyridine rings is 1. The molecule has 0 aliphatic carbocycles. The lowest BCUT2D eigenvalue weighted by molar-refractivity contribution is -0.377. The van der Waals surface area contributed by atoms with Crippen LogP contribution in [0.1, 0.15) is 18.5 Å². The zero-order valence-electron chi connectivity index (χ0n) is 15.3. The average Bonchev–Trinajstić information content (AvgIpc) is 2.67. The molecule has 4 N–H and O–H groups in total. The fourth-order valence-corrected chi connectivity index (χ4v) is 3.31. The highest BCUT2D eigenvalue weighted by molar-refractivity contribution is 7.80. The lowest BCUT2D eigenvalue weighted by Gasteiger charge is -2.31. The summed E-state index contributed by atoms with van der Waals surface area (Å²) in [6.45, 7) is 1.82. The van der Waals surface area contributed by atoms with Gasteiger partial charge in [-0.1, -0.05) is 12.1 Å². The second kappa shape index (κ2) is 8.05. The third kappa shape index (κ3) is 3.85. The van der Waals surface area contributed by atoms with E-state index in [9.17, 15) is 4.79 Å². The number of carbonyl (C=O) groups is 1. The first-order valence-corrected chi connectivity index (χ1v) is 8.72. The first-order valence-electron chi connectivity index (χ1n) is 8.31. The van der Waals surface area contributed by atoms with E-state index in [1.165, 1.54) is 0 Å². The number of anilines is 1. The van der Waals surface area contributed by atoms with Crippen LogP contribution in [-0.2, 0) is 4.79 Å². The van der Waals surface area contributed by atoms with E-state index < -0.39 is 6.04 Å². The van der Waals surface area contributed by atoms with E-state index in [-0.39, 0.29) is 5.91 Å². The summed E-state index contributed by atoms with van der Waals surface area (Å²) in [4.78, 5) is 16.0. The van der Waals surface area contributed by atoms with E-state index >= 15 is 0 Å². The van der Waals surface area contributed by atoms with Gasteiger partial charge in [-0.05, 0) is 31.3 Å². The molecule has 0 spiro atoms. The number of carbonyl (C=O) groups excluding carboxylic acids is 1. The average molecular weight is 385 g/mol. The molecule has 1 aromatic carbocycles. The molecule has 1 aromatic heterocycles. The van der Waals surface area contributed by atoms with Crippen LogP contribution in [0.25, 0.3) is 0 Å². The Morgan fingerprint density at radius 3 is 2.70 bits per heavy atom. The number of H-pyrrole nitrogens is 1. The summed E-state index contributed by atoms with van der Waals surface area (Å²) in [6.07, 6.45) is 3.48. The van der Waals surface area contributed by atoms with Gasteiger partial charge in [-0.15, -0.1) is 0 Å². The van der Waals surface area contributed by atoms with Crippen molar-refractivity contribution in [3.63, 3.8) is 0 Å². The van der Waals surface area contributed by atoms with Crippen molar-refractivity contribution in [2.45, 2.75) is 13.0 Å². The van der Waals surface area contributed by atoms with Crippen LogP contribution in [0.4, 0.5) is 5.69 Å². The van der Waals surface area contributed by atoms with Crippen molar-refractivity contribution in [3.05, 3.63) is 59.6 Å². The minimum absolute atomic E-state index is 0.246. The zero-order chi connectivity index (χ0) is 19.4. The first kappa shape index (κ1) is 18.7. The lowest BCUT2D eigenvalue weighted by atomic mass is 9.94. The van der Waals surface area contributed by atoms with Crippen LogP contribution in [0.15, 0.2) is 54.0 Å². The molecular formula is C19H21N4O3S+. The number of methoxy groups -OCH3 is 2. The van der Waals surface area contributed by atoms with E-state index in [0.29, 0.717) is 33.6 Å². The van der Waals surface area contributed by atoms with Gasteiger partial charge in [0.15, 0.2) is 29.0 Å². The van der Waals surface area contributed by atoms with Crippen molar-refractivity contribution in [1.29, 1.82) is 0 Å². The topological polar surface area (TPSA) is 85.8 Å². The molecule has 1 atom stereocenters. The van der Waals surface area contributed by atoms with Gasteiger partial charge in [-0.2, -0.15) is 0 Å². The Balaban J connectivity index is 2.04. The summed E-state index contributed by atoms with van der Waals surface area (Å²) in [7, 11) is 3.14. The van der Waals surface area contributed by atoms with Gasteiger partial charge in [0.2, 0.25) is 0 Å². The van der Waals surface area contributed by atoms with Gasteiger partial charge in [-0.25, -0.2) is 4.98 Å². The van der Waals surface area contributed by atoms with Crippen LogP contribution in [-0.4, -0.2) is 25.2 Å². The quantitative estimate of drug-likeness (QED) is 0.682. The predicted octanol–water partition coefficient (Wildman–Crippen LogP) is 1.95. The lowest BCUT2D eigenvalue weighted by Crippen LogP contribution is -2.45. The molecule has 1 aliphatic heterocycles. The molecule has 0 saturated carbocycles. The molecule has 7 nitrogen and oxygen atoms in total. The van der Waals surface area contributed by atoms with Crippen molar-refractivity contribution in [1.82, 2.24) is 10.6 Å². The van der Waals surface area contributed by atoms with Gasteiger partial charge in [0.05, 0.1) is 25.8 Å². The highest BCUT2D eigenvalue weighted by atomic mass is 32.1. The molecule has 140 valence electrons. The van der Waals surface area contributed by atoms with Gasteiger partial charge in [-0.3, -0.25) is 4.79 Å². The molecule has 0 saturated heterocycles. The molecule has 0 radical (unpaired) electrons. The van der Waals surface area contributed by atoms with Crippen molar-refractivity contribution >= 4 is 28.9 Å². The number of benzene rings is 1. The number of nitrogens with one attached hydrogen (secondary N) is 4. The monoisotopic (exact) mass is 385 g/mol. The van der Waals surface area contributed by atoms with Crippen LogP contribution in [0, 0.1) is 0 Å². The highest BCUT2D eigenvalue weighted by Crippen LogP contribution is 2.38. The zero-order valence-corrected chi connectivity index (χ0v) is 16.1. The number of rotatable bonds is 5. The van der Waals surface area contributed by atoms with E-state index in [4.69, 9.17) is 21.7 Å². The van der Waals surface area contributed by atoms with Gasteiger partial charge in [0.1, 0.15) is 5.69 Å². The number of allylic oxidation sites excluding steroid dienone is 1. The molecule has 1 amide bonds. The molecule has 0 bridgehead atoms. The van der Waals surface area contributed by atoms with E-state index in [2.05, 4.69) is 20.9 Å². The molecule has 1 unspecified atom stereocenters. The van der Waals surface area contributed by atoms with Gasteiger partial charge >= 0.3 is 0 Å². The molecule has 2 heterocycles.